The lowest BCUT2D eigenvalue weighted by molar-refractivity contribution is 0.0935. The smallest absolute Gasteiger partial charge is 0.273 e. The molecule has 4 aromatic rings. The molecule has 0 bridgehead atoms. The largest absolute Gasteiger partial charge is 0.447 e. The Balaban J connectivity index is 1.38. The van der Waals surface area contributed by atoms with Crippen LogP contribution in [0.3, 0.4) is 0 Å². The molecule has 0 aliphatic rings. The van der Waals surface area contributed by atoms with Gasteiger partial charge in [0.05, 0.1) is 11.8 Å². The van der Waals surface area contributed by atoms with Gasteiger partial charge < -0.3 is 14.2 Å². The molecule has 1 N–H and O–H groups in total. The van der Waals surface area contributed by atoms with Crippen molar-refractivity contribution in [3.8, 4) is 0 Å². The number of amides is 1. The third-order valence-corrected chi connectivity index (χ3v) is 5.16. The second-order valence-corrected chi connectivity index (χ2v) is 7.35. The highest BCUT2D eigenvalue weighted by atomic mass is 32.2. The van der Waals surface area contributed by atoms with Crippen LogP contribution in [0.1, 0.15) is 40.5 Å². The Kier molecular flexibility index (Phi) is 5.16. The molecule has 6 nitrogen and oxygen atoms in total. The number of hydrogen-bond donors (Lipinski definition) is 1. The van der Waals surface area contributed by atoms with Crippen LogP contribution in [0.4, 0.5) is 0 Å². The lowest BCUT2D eigenvalue weighted by atomic mass is 10.1. The summed E-state index contributed by atoms with van der Waals surface area (Å²) >= 11 is 1.38. The zero-order valence-corrected chi connectivity index (χ0v) is 16.3. The number of para-hydroxylation sites is 1. The number of benzene rings is 2. The number of aromatic nitrogens is 2. The summed E-state index contributed by atoms with van der Waals surface area (Å²) in [6.07, 6.45) is 1.37. The molecule has 0 aliphatic heterocycles. The van der Waals surface area contributed by atoms with E-state index in [1.165, 1.54) is 18.0 Å². The molecular formula is C21H19N3O3S. The molecule has 0 fully saturated rings. The molecule has 2 aromatic heterocycles. The van der Waals surface area contributed by atoms with Gasteiger partial charge in [0.15, 0.2) is 11.3 Å². The average Bonchev–Trinajstić information content (AvgIpc) is 3.34. The Hall–Kier alpha value is -3.06. The third-order valence-electron chi connectivity index (χ3n) is 4.35. The Bertz CT molecular complexity index is 1100. The number of aryl methyl sites for hydroxylation is 1. The first-order chi connectivity index (χ1) is 13.6. The zero-order chi connectivity index (χ0) is 19.5. The highest BCUT2D eigenvalue weighted by Crippen LogP contribution is 2.27. The second kappa shape index (κ2) is 7.90. The fourth-order valence-electron chi connectivity index (χ4n) is 2.83. The van der Waals surface area contributed by atoms with Crippen LogP contribution in [-0.4, -0.2) is 15.9 Å². The van der Waals surface area contributed by atoms with E-state index in [2.05, 4.69) is 15.3 Å². The van der Waals surface area contributed by atoms with Crippen molar-refractivity contribution in [2.24, 2.45) is 0 Å². The Morgan fingerprint density at radius 2 is 1.96 bits per heavy atom. The fraction of sp³-hybridized carbons (Fsp3) is 0.190. The molecule has 7 heteroatoms. The van der Waals surface area contributed by atoms with E-state index in [0.29, 0.717) is 16.9 Å². The monoisotopic (exact) mass is 393 g/mol. The number of hydrogen-bond acceptors (Lipinski definition) is 6. The van der Waals surface area contributed by atoms with Crippen LogP contribution < -0.4 is 5.32 Å². The number of oxazole rings is 2. The van der Waals surface area contributed by atoms with E-state index >= 15 is 0 Å². The van der Waals surface area contributed by atoms with Gasteiger partial charge in [0.1, 0.15) is 11.8 Å². The van der Waals surface area contributed by atoms with Gasteiger partial charge in [-0.1, -0.05) is 54.2 Å². The van der Waals surface area contributed by atoms with E-state index < -0.39 is 0 Å². The van der Waals surface area contributed by atoms with Crippen molar-refractivity contribution < 1.29 is 13.6 Å². The molecule has 142 valence electrons. The van der Waals surface area contributed by atoms with Crippen molar-refractivity contribution in [2.75, 3.05) is 0 Å². The van der Waals surface area contributed by atoms with Crippen LogP contribution >= 0.6 is 11.8 Å². The highest BCUT2D eigenvalue weighted by molar-refractivity contribution is 7.98. The van der Waals surface area contributed by atoms with E-state index in [9.17, 15) is 4.79 Å². The summed E-state index contributed by atoms with van der Waals surface area (Å²) in [5.41, 5.74) is 3.96. The van der Waals surface area contributed by atoms with Gasteiger partial charge >= 0.3 is 0 Å². The summed E-state index contributed by atoms with van der Waals surface area (Å²) in [5, 5.41) is 3.47. The summed E-state index contributed by atoms with van der Waals surface area (Å²) in [5.74, 6) is 0.600. The zero-order valence-electron chi connectivity index (χ0n) is 15.5. The maximum absolute atomic E-state index is 12.4. The Morgan fingerprint density at radius 1 is 1.14 bits per heavy atom. The maximum Gasteiger partial charge on any atom is 0.273 e. The second-order valence-electron chi connectivity index (χ2n) is 6.42. The molecule has 0 aliphatic carbocycles. The molecule has 0 saturated heterocycles. The van der Waals surface area contributed by atoms with Gasteiger partial charge in [-0.2, -0.15) is 0 Å². The summed E-state index contributed by atoms with van der Waals surface area (Å²) in [4.78, 5) is 21.2. The molecule has 1 unspecified atom stereocenters. The molecule has 2 heterocycles. The van der Waals surface area contributed by atoms with Gasteiger partial charge in [-0.15, -0.1) is 0 Å². The molecule has 2 aromatic carbocycles. The number of fused-ring (bicyclic) bond motifs is 1. The van der Waals surface area contributed by atoms with Crippen molar-refractivity contribution in [2.45, 2.75) is 30.9 Å². The van der Waals surface area contributed by atoms with Crippen molar-refractivity contribution in [1.29, 1.82) is 0 Å². The summed E-state index contributed by atoms with van der Waals surface area (Å²) < 4.78 is 11.2. The van der Waals surface area contributed by atoms with Gasteiger partial charge in [-0.3, -0.25) is 4.79 Å². The van der Waals surface area contributed by atoms with Crippen LogP contribution in [-0.2, 0) is 5.75 Å². The minimum Gasteiger partial charge on any atom is -0.447 e. The normalized spacial score (nSPS) is 12.2. The summed E-state index contributed by atoms with van der Waals surface area (Å²) in [6.45, 7) is 3.92. The van der Waals surface area contributed by atoms with Crippen molar-refractivity contribution >= 4 is 28.8 Å². The van der Waals surface area contributed by atoms with Gasteiger partial charge in [0.25, 0.3) is 11.1 Å². The van der Waals surface area contributed by atoms with Crippen LogP contribution in [0.5, 0.6) is 0 Å². The van der Waals surface area contributed by atoms with Crippen LogP contribution in [0, 0.1) is 6.92 Å². The topological polar surface area (TPSA) is 81.2 Å². The first kappa shape index (κ1) is 18.3. The van der Waals surface area contributed by atoms with E-state index in [1.54, 1.807) is 0 Å². The lowest BCUT2D eigenvalue weighted by Gasteiger charge is -2.12. The van der Waals surface area contributed by atoms with Gasteiger partial charge in [0.2, 0.25) is 5.89 Å². The third kappa shape index (κ3) is 3.94. The number of rotatable bonds is 6. The molecular weight excluding hydrogens is 374 g/mol. The van der Waals surface area contributed by atoms with Gasteiger partial charge in [0, 0.05) is 0 Å². The first-order valence-electron chi connectivity index (χ1n) is 8.89. The number of nitrogens with one attached hydrogen (secondary N) is 1. The van der Waals surface area contributed by atoms with E-state index in [4.69, 9.17) is 8.83 Å². The van der Waals surface area contributed by atoms with Gasteiger partial charge in [-0.25, -0.2) is 9.97 Å². The number of nitrogens with zero attached hydrogens (tertiary/aromatic N) is 2. The number of thioether (sulfide) groups is 1. The molecule has 0 spiro atoms. The van der Waals surface area contributed by atoms with E-state index in [0.717, 1.165) is 22.2 Å². The lowest BCUT2D eigenvalue weighted by Crippen LogP contribution is -2.26. The van der Waals surface area contributed by atoms with E-state index in [1.807, 2.05) is 62.4 Å². The Morgan fingerprint density at radius 3 is 2.75 bits per heavy atom. The fourth-order valence-corrected chi connectivity index (χ4v) is 3.51. The van der Waals surface area contributed by atoms with Crippen LogP contribution in [0.2, 0.25) is 0 Å². The molecule has 1 atom stereocenters. The summed E-state index contributed by atoms with van der Waals surface area (Å²) in [6, 6.07) is 15.5. The maximum atomic E-state index is 12.4. The standard InChI is InChI=1S/C21H19N3O3S/c1-13-7-6-10-17-19(13)24-21(27-17)28-12-18-23-16(11-26-18)20(25)22-14(2)15-8-4-3-5-9-15/h3-11,14H,12H2,1-2H3,(H,22,25). The molecule has 4 rings (SSSR count). The van der Waals surface area contributed by atoms with Crippen molar-refractivity contribution in [3.05, 3.63) is 77.5 Å². The predicted octanol–water partition coefficient (Wildman–Crippen LogP) is 4.91. The van der Waals surface area contributed by atoms with E-state index in [-0.39, 0.29) is 17.6 Å². The summed E-state index contributed by atoms with van der Waals surface area (Å²) in [7, 11) is 0. The van der Waals surface area contributed by atoms with Crippen molar-refractivity contribution in [1.82, 2.24) is 15.3 Å². The molecule has 0 saturated carbocycles. The van der Waals surface area contributed by atoms with Crippen molar-refractivity contribution in [3.63, 3.8) is 0 Å². The minimum absolute atomic E-state index is 0.119. The number of carbonyl (C=O) groups excluding carboxylic acids is 1. The first-order valence-corrected chi connectivity index (χ1v) is 9.88. The SMILES string of the molecule is Cc1cccc2oc(SCc3nc(C(=O)NC(C)c4ccccc4)co3)nc12. The molecule has 1 amide bonds. The quantitative estimate of drug-likeness (QED) is 0.469. The van der Waals surface area contributed by atoms with Crippen LogP contribution in [0.15, 0.2) is 68.9 Å². The molecule has 0 radical (unpaired) electrons. The molecule has 28 heavy (non-hydrogen) atoms. The number of carbonyl (C=O) groups is 1. The Labute approximate surface area is 166 Å². The average molecular weight is 393 g/mol. The minimum atomic E-state index is -0.270. The van der Waals surface area contributed by atoms with Crippen LogP contribution in [0.25, 0.3) is 11.1 Å². The van der Waals surface area contributed by atoms with Gasteiger partial charge in [-0.05, 0) is 31.0 Å². The predicted molar refractivity (Wildman–Crippen MR) is 107 cm³/mol. The highest BCUT2D eigenvalue weighted by Gasteiger charge is 2.16.